The number of aromatic nitrogens is 4. The predicted molar refractivity (Wildman–Crippen MR) is 167 cm³/mol. The Morgan fingerprint density at radius 1 is 1.11 bits per heavy atom. The molecule has 0 aliphatic carbocycles. The zero-order valence-corrected chi connectivity index (χ0v) is 25.9. The van der Waals surface area contributed by atoms with Crippen LogP contribution in [0.2, 0.25) is 5.02 Å². The van der Waals surface area contributed by atoms with E-state index < -0.39 is 24.3 Å². The van der Waals surface area contributed by atoms with Gasteiger partial charge in [0.2, 0.25) is 17.9 Å². The van der Waals surface area contributed by atoms with Crippen LogP contribution in [0.1, 0.15) is 42.2 Å². The number of ether oxygens (including phenoxy) is 1. The first kappa shape index (κ1) is 31.6. The minimum Gasteiger partial charge on any atom is -0.480 e. The summed E-state index contributed by atoms with van der Waals surface area (Å²) in [7, 11) is 0. The lowest BCUT2D eigenvalue weighted by Gasteiger charge is -2.39. The van der Waals surface area contributed by atoms with Crippen LogP contribution in [0.25, 0.3) is 16.8 Å². The molecular formula is C32H33ClF3N7O3. The van der Waals surface area contributed by atoms with Gasteiger partial charge in [0.15, 0.2) is 0 Å². The average molecular weight is 656 g/mol. The molecule has 4 aromatic rings. The molecule has 2 saturated heterocycles. The van der Waals surface area contributed by atoms with Gasteiger partial charge in [-0.05, 0) is 73.4 Å². The Morgan fingerprint density at radius 2 is 1.83 bits per heavy atom. The summed E-state index contributed by atoms with van der Waals surface area (Å²) in [4.78, 5) is 21.6. The highest BCUT2D eigenvalue weighted by Gasteiger charge is 2.46. The number of carboxylic acids is 1. The smallest absolute Gasteiger partial charge is 0.429 e. The number of hydrogen-bond acceptors (Lipinski definition) is 8. The second-order valence-electron chi connectivity index (χ2n) is 12.1. The standard InChI is InChI=1S/C32H33ClF3N7O3/c1-18-3-4-20(13-23(18)33)21-5-6-22(25(14-21)43-10-7-19(2)41-43)28(32(34,35)36)46-27-15-26(39-30(37)40-27)42-11-8-31(9-12-42)16-24(29(44)45)38-17-31/h3-7,10,13-15,24,28,38H,8-9,11-12,16-17H2,1-2H3,(H,44,45)(H2,37,39,40)/t24-,28?/m0/s1. The number of nitrogens with zero attached hydrogens (tertiary/aromatic N) is 5. The predicted octanol–water partition coefficient (Wildman–Crippen LogP) is 5.90. The van der Waals surface area contributed by atoms with E-state index in [0.29, 0.717) is 61.0 Å². The van der Waals surface area contributed by atoms with E-state index in [1.165, 1.54) is 16.8 Å². The molecule has 2 aromatic carbocycles. The van der Waals surface area contributed by atoms with Crippen molar-refractivity contribution in [1.82, 2.24) is 25.1 Å². The maximum Gasteiger partial charge on any atom is 0.429 e. The number of hydrogen-bond donors (Lipinski definition) is 3. The summed E-state index contributed by atoms with van der Waals surface area (Å²) in [5, 5.41) is 17.4. The van der Waals surface area contributed by atoms with Gasteiger partial charge in [0.1, 0.15) is 11.9 Å². The summed E-state index contributed by atoms with van der Waals surface area (Å²) in [6.45, 7) is 5.27. The number of carbonyl (C=O) groups is 1. The molecule has 14 heteroatoms. The monoisotopic (exact) mass is 655 g/mol. The van der Waals surface area contributed by atoms with Gasteiger partial charge >= 0.3 is 12.1 Å². The van der Waals surface area contributed by atoms with Crippen LogP contribution in [-0.2, 0) is 4.79 Å². The van der Waals surface area contributed by atoms with Crippen LogP contribution >= 0.6 is 11.6 Å². The molecule has 4 N–H and O–H groups in total. The maximum atomic E-state index is 14.8. The number of nitrogen functional groups attached to an aromatic ring is 1. The SMILES string of the molecule is Cc1ccn(-c2cc(-c3ccc(C)c(Cl)c3)ccc2C(Oc2cc(N3CCC4(CC3)CN[C@H](C(=O)O)C4)nc(N)n2)C(F)(F)F)n1. The van der Waals surface area contributed by atoms with E-state index in [-0.39, 0.29) is 28.5 Å². The molecule has 1 unspecified atom stereocenters. The molecule has 242 valence electrons. The second-order valence-corrected chi connectivity index (χ2v) is 12.5. The van der Waals surface area contributed by atoms with E-state index in [9.17, 15) is 23.1 Å². The fraction of sp³-hybridized carbons (Fsp3) is 0.375. The van der Waals surface area contributed by atoms with Crippen LogP contribution in [-0.4, -0.2) is 62.7 Å². The highest BCUT2D eigenvalue weighted by atomic mass is 35.5. The zero-order chi connectivity index (χ0) is 32.8. The van der Waals surface area contributed by atoms with Crippen LogP contribution in [0.4, 0.5) is 24.9 Å². The summed E-state index contributed by atoms with van der Waals surface area (Å²) in [6.07, 6.45) is -3.74. The lowest BCUT2D eigenvalue weighted by atomic mass is 9.76. The van der Waals surface area contributed by atoms with E-state index in [0.717, 1.165) is 11.1 Å². The van der Waals surface area contributed by atoms with E-state index in [2.05, 4.69) is 20.4 Å². The molecule has 0 bridgehead atoms. The Morgan fingerprint density at radius 3 is 2.46 bits per heavy atom. The van der Waals surface area contributed by atoms with E-state index >= 15 is 0 Å². The highest BCUT2D eigenvalue weighted by Crippen LogP contribution is 2.43. The number of rotatable bonds is 7. The number of benzene rings is 2. The minimum absolute atomic E-state index is 0.157. The third kappa shape index (κ3) is 6.47. The second kappa shape index (κ2) is 12.1. The first-order valence-corrected chi connectivity index (χ1v) is 15.2. The normalized spacial score (nSPS) is 18.6. The first-order valence-electron chi connectivity index (χ1n) is 14.8. The van der Waals surface area contributed by atoms with Crippen molar-refractivity contribution in [2.75, 3.05) is 30.3 Å². The van der Waals surface area contributed by atoms with Crippen molar-refractivity contribution < 1.29 is 27.8 Å². The number of halogens is 4. The molecule has 0 amide bonds. The number of aliphatic carboxylic acids is 1. The van der Waals surface area contributed by atoms with Crippen molar-refractivity contribution in [3.05, 3.63) is 76.6 Å². The molecule has 0 saturated carbocycles. The Hall–Kier alpha value is -4.36. The lowest BCUT2D eigenvalue weighted by molar-refractivity contribution is -0.198. The van der Waals surface area contributed by atoms with Crippen molar-refractivity contribution in [2.24, 2.45) is 5.41 Å². The zero-order valence-electron chi connectivity index (χ0n) is 25.2. The topological polar surface area (TPSA) is 131 Å². The molecule has 10 nitrogen and oxygen atoms in total. The Bertz CT molecular complexity index is 1770. The highest BCUT2D eigenvalue weighted by molar-refractivity contribution is 6.31. The lowest BCUT2D eigenvalue weighted by Crippen LogP contribution is -2.41. The van der Waals surface area contributed by atoms with Gasteiger partial charge in [0.05, 0.1) is 11.4 Å². The number of nitrogens with one attached hydrogen (secondary N) is 1. The number of nitrogens with two attached hydrogens (primary N) is 1. The summed E-state index contributed by atoms with van der Waals surface area (Å²) < 4.78 is 51.5. The van der Waals surface area contributed by atoms with Gasteiger partial charge in [-0.25, -0.2) is 4.68 Å². The van der Waals surface area contributed by atoms with Gasteiger partial charge in [-0.1, -0.05) is 35.9 Å². The van der Waals surface area contributed by atoms with Crippen LogP contribution < -0.4 is 20.7 Å². The van der Waals surface area contributed by atoms with Crippen molar-refractivity contribution in [3.8, 4) is 22.7 Å². The average Bonchev–Trinajstić information content (AvgIpc) is 3.63. The molecule has 2 aliphatic rings. The Kier molecular flexibility index (Phi) is 8.32. The number of aryl methyl sites for hydroxylation is 2. The van der Waals surface area contributed by atoms with Crippen LogP contribution in [0.15, 0.2) is 54.7 Å². The molecule has 1 spiro atoms. The van der Waals surface area contributed by atoms with Gasteiger partial charge < -0.3 is 25.8 Å². The van der Waals surface area contributed by atoms with Gasteiger partial charge in [0, 0.05) is 42.5 Å². The third-order valence-corrected chi connectivity index (χ3v) is 9.24. The molecule has 2 aromatic heterocycles. The van der Waals surface area contributed by atoms with Gasteiger partial charge in [-0.2, -0.15) is 28.2 Å². The van der Waals surface area contributed by atoms with Crippen molar-refractivity contribution >= 4 is 29.3 Å². The Labute approximate surface area is 268 Å². The van der Waals surface area contributed by atoms with E-state index in [1.807, 2.05) is 24.0 Å². The third-order valence-electron chi connectivity index (χ3n) is 8.84. The van der Waals surface area contributed by atoms with Gasteiger partial charge in [-0.3, -0.25) is 4.79 Å². The summed E-state index contributed by atoms with van der Waals surface area (Å²) in [5.74, 6) is -1.08. The fourth-order valence-corrected chi connectivity index (χ4v) is 6.41. The molecular weight excluding hydrogens is 623 g/mol. The first-order chi connectivity index (χ1) is 21.8. The number of anilines is 2. The number of carboxylic acid groups (broad SMARTS) is 1. The fourth-order valence-electron chi connectivity index (χ4n) is 6.23. The largest absolute Gasteiger partial charge is 0.480 e. The van der Waals surface area contributed by atoms with Crippen molar-refractivity contribution in [1.29, 1.82) is 0 Å². The van der Waals surface area contributed by atoms with Crippen molar-refractivity contribution in [3.63, 3.8) is 0 Å². The molecule has 0 radical (unpaired) electrons. The quantitative estimate of drug-likeness (QED) is 0.223. The van der Waals surface area contributed by atoms with Crippen molar-refractivity contribution in [2.45, 2.75) is 51.4 Å². The number of alkyl halides is 3. The van der Waals surface area contributed by atoms with E-state index in [4.69, 9.17) is 22.1 Å². The summed E-state index contributed by atoms with van der Waals surface area (Å²) in [5.41, 5.74) is 8.73. The Balaban J connectivity index is 1.31. The molecule has 46 heavy (non-hydrogen) atoms. The molecule has 6 rings (SSSR count). The van der Waals surface area contributed by atoms with Crippen LogP contribution in [0, 0.1) is 19.3 Å². The van der Waals surface area contributed by atoms with Gasteiger partial charge in [0.25, 0.3) is 0 Å². The van der Waals surface area contributed by atoms with Crippen LogP contribution in [0.3, 0.4) is 0 Å². The van der Waals surface area contributed by atoms with E-state index in [1.54, 1.807) is 37.4 Å². The minimum atomic E-state index is -4.83. The van der Waals surface area contributed by atoms with Crippen LogP contribution in [0.5, 0.6) is 5.88 Å². The molecule has 4 heterocycles. The molecule has 2 atom stereocenters. The maximum absolute atomic E-state index is 14.8. The summed E-state index contributed by atoms with van der Waals surface area (Å²) in [6, 6.07) is 12.5. The number of piperidine rings is 1. The van der Waals surface area contributed by atoms with Gasteiger partial charge in [-0.15, -0.1) is 0 Å². The molecule has 2 fully saturated rings. The summed E-state index contributed by atoms with van der Waals surface area (Å²) >= 11 is 6.35. The molecule has 2 aliphatic heterocycles.